The number of hydrogen-bond acceptors (Lipinski definition) is 4. The van der Waals surface area contributed by atoms with Crippen molar-refractivity contribution in [2.24, 2.45) is 0 Å². The topological polar surface area (TPSA) is 54.5 Å². The van der Waals surface area contributed by atoms with Crippen LogP contribution in [-0.2, 0) is 4.74 Å². The highest BCUT2D eigenvalue weighted by atomic mass is 16.5. The van der Waals surface area contributed by atoms with Crippen molar-refractivity contribution in [2.75, 3.05) is 38.3 Å². The molecule has 0 atom stereocenters. The van der Waals surface area contributed by atoms with Crippen molar-refractivity contribution in [1.29, 1.82) is 0 Å². The third-order valence-corrected chi connectivity index (χ3v) is 3.52. The van der Waals surface area contributed by atoms with E-state index in [1.807, 2.05) is 12.3 Å². The highest BCUT2D eigenvalue weighted by Crippen LogP contribution is 2.19. The standard InChI is InChI=1S/C15H23N3O2/c1-20-9-5-6-17-15(19)13-10-14(12-16-11-13)18-7-3-2-4-8-18/h10-12H,2-9H2,1H3,(H,17,19). The molecule has 0 unspecified atom stereocenters. The second-order valence-electron chi connectivity index (χ2n) is 5.08. The number of amides is 1. The van der Waals surface area contributed by atoms with Crippen LogP contribution in [0.25, 0.3) is 0 Å². The molecule has 0 aliphatic carbocycles. The molecule has 20 heavy (non-hydrogen) atoms. The van der Waals surface area contributed by atoms with Crippen LogP contribution in [0.15, 0.2) is 18.5 Å². The summed E-state index contributed by atoms with van der Waals surface area (Å²) in [5.74, 6) is -0.0625. The molecule has 1 fully saturated rings. The molecule has 1 amide bonds. The van der Waals surface area contributed by atoms with Gasteiger partial charge in [0, 0.05) is 39.5 Å². The molecule has 5 heteroatoms. The van der Waals surface area contributed by atoms with Crippen molar-refractivity contribution in [3.05, 3.63) is 24.0 Å². The zero-order valence-electron chi connectivity index (χ0n) is 12.1. The SMILES string of the molecule is COCCCNC(=O)c1cncc(N2CCCCC2)c1. The zero-order valence-corrected chi connectivity index (χ0v) is 12.1. The van der Waals surface area contributed by atoms with Crippen molar-refractivity contribution in [3.63, 3.8) is 0 Å². The van der Waals surface area contributed by atoms with Gasteiger partial charge in [0.2, 0.25) is 0 Å². The first kappa shape index (κ1) is 14.8. The molecule has 0 bridgehead atoms. The van der Waals surface area contributed by atoms with E-state index in [1.165, 1.54) is 19.3 Å². The Morgan fingerprint density at radius 1 is 1.35 bits per heavy atom. The lowest BCUT2D eigenvalue weighted by atomic mass is 10.1. The van der Waals surface area contributed by atoms with Gasteiger partial charge in [-0.1, -0.05) is 0 Å². The second kappa shape index (κ2) is 7.85. The van der Waals surface area contributed by atoms with Gasteiger partial charge in [-0.15, -0.1) is 0 Å². The van der Waals surface area contributed by atoms with E-state index in [2.05, 4.69) is 15.2 Å². The van der Waals surface area contributed by atoms with Gasteiger partial charge >= 0.3 is 0 Å². The lowest BCUT2D eigenvalue weighted by Gasteiger charge is -2.28. The van der Waals surface area contributed by atoms with E-state index in [0.29, 0.717) is 18.7 Å². The van der Waals surface area contributed by atoms with Gasteiger partial charge in [-0.2, -0.15) is 0 Å². The predicted molar refractivity (Wildman–Crippen MR) is 79.1 cm³/mol. The lowest BCUT2D eigenvalue weighted by molar-refractivity contribution is 0.0948. The summed E-state index contributed by atoms with van der Waals surface area (Å²) >= 11 is 0. The first-order valence-electron chi connectivity index (χ1n) is 7.28. The minimum atomic E-state index is -0.0625. The van der Waals surface area contributed by atoms with Gasteiger partial charge in [0.05, 0.1) is 17.4 Å². The van der Waals surface area contributed by atoms with Crippen LogP contribution in [0.2, 0.25) is 0 Å². The smallest absolute Gasteiger partial charge is 0.252 e. The number of methoxy groups -OCH3 is 1. The van der Waals surface area contributed by atoms with E-state index < -0.39 is 0 Å². The molecule has 5 nitrogen and oxygen atoms in total. The van der Waals surface area contributed by atoms with E-state index in [9.17, 15) is 4.79 Å². The average molecular weight is 277 g/mol. The molecule has 1 saturated heterocycles. The van der Waals surface area contributed by atoms with E-state index >= 15 is 0 Å². The average Bonchev–Trinajstić information content (AvgIpc) is 2.52. The van der Waals surface area contributed by atoms with Crippen molar-refractivity contribution >= 4 is 11.6 Å². The van der Waals surface area contributed by atoms with Gasteiger partial charge < -0.3 is 15.0 Å². The molecule has 1 aromatic heterocycles. The van der Waals surface area contributed by atoms with Crippen molar-refractivity contribution in [1.82, 2.24) is 10.3 Å². The molecule has 2 rings (SSSR count). The summed E-state index contributed by atoms with van der Waals surface area (Å²) < 4.78 is 4.96. The maximum atomic E-state index is 12.0. The van der Waals surface area contributed by atoms with Gasteiger partial charge in [0.1, 0.15) is 0 Å². The largest absolute Gasteiger partial charge is 0.385 e. The van der Waals surface area contributed by atoms with Crippen LogP contribution >= 0.6 is 0 Å². The highest BCUT2D eigenvalue weighted by Gasteiger charge is 2.13. The van der Waals surface area contributed by atoms with Gasteiger partial charge in [0.15, 0.2) is 0 Å². The number of nitrogens with zero attached hydrogens (tertiary/aromatic N) is 2. The van der Waals surface area contributed by atoms with Crippen LogP contribution < -0.4 is 10.2 Å². The number of pyridine rings is 1. The van der Waals surface area contributed by atoms with Crippen LogP contribution in [0.1, 0.15) is 36.0 Å². The minimum absolute atomic E-state index is 0.0625. The van der Waals surface area contributed by atoms with E-state index in [4.69, 9.17) is 4.74 Å². The number of carbonyl (C=O) groups excluding carboxylic acids is 1. The summed E-state index contributed by atoms with van der Waals surface area (Å²) in [5, 5.41) is 2.89. The monoisotopic (exact) mass is 277 g/mol. The van der Waals surface area contributed by atoms with E-state index in [1.54, 1.807) is 13.3 Å². The Morgan fingerprint density at radius 2 is 2.15 bits per heavy atom. The number of rotatable bonds is 6. The van der Waals surface area contributed by atoms with E-state index in [-0.39, 0.29) is 5.91 Å². The van der Waals surface area contributed by atoms with Gasteiger partial charge in [-0.25, -0.2) is 0 Å². The number of piperidine rings is 1. The van der Waals surface area contributed by atoms with Gasteiger partial charge in [-0.05, 0) is 31.7 Å². The number of ether oxygens (including phenoxy) is 1. The molecule has 0 spiro atoms. The molecule has 1 aromatic rings. The molecule has 2 heterocycles. The molecule has 1 aliphatic heterocycles. The first-order valence-corrected chi connectivity index (χ1v) is 7.28. The van der Waals surface area contributed by atoms with Crippen LogP contribution in [-0.4, -0.2) is 44.2 Å². The normalized spacial score (nSPS) is 15.2. The Bertz CT molecular complexity index is 431. The Labute approximate surface area is 120 Å². The van der Waals surface area contributed by atoms with Gasteiger partial charge in [0.25, 0.3) is 5.91 Å². The maximum absolute atomic E-state index is 12.0. The number of hydrogen-bond donors (Lipinski definition) is 1. The quantitative estimate of drug-likeness (QED) is 0.806. The summed E-state index contributed by atoms with van der Waals surface area (Å²) in [4.78, 5) is 18.5. The van der Waals surface area contributed by atoms with Crippen molar-refractivity contribution in [2.45, 2.75) is 25.7 Å². The molecule has 0 saturated carbocycles. The molecule has 1 N–H and O–H groups in total. The predicted octanol–water partition coefficient (Wildman–Crippen LogP) is 1.84. The Kier molecular flexibility index (Phi) is 5.80. The number of anilines is 1. The molecular weight excluding hydrogens is 254 g/mol. The van der Waals surface area contributed by atoms with Crippen LogP contribution in [0.5, 0.6) is 0 Å². The fourth-order valence-electron chi connectivity index (χ4n) is 2.40. The third kappa shape index (κ3) is 4.20. The summed E-state index contributed by atoms with van der Waals surface area (Å²) in [6, 6.07) is 1.93. The fourth-order valence-corrected chi connectivity index (χ4v) is 2.40. The molecule has 110 valence electrons. The maximum Gasteiger partial charge on any atom is 0.252 e. The molecular formula is C15H23N3O2. The van der Waals surface area contributed by atoms with Crippen LogP contribution in [0, 0.1) is 0 Å². The van der Waals surface area contributed by atoms with Crippen LogP contribution in [0.3, 0.4) is 0 Å². The fraction of sp³-hybridized carbons (Fsp3) is 0.600. The number of aromatic nitrogens is 1. The summed E-state index contributed by atoms with van der Waals surface area (Å²) in [6.45, 7) is 3.40. The third-order valence-electron chi connectivity index (χ3n) is 3.52. The van der Waals surface area contributed by atoms with Crippen molar-refractivity contribution in [3.8, 4) is 0 Å². The van der Waals surface area contributed by atoms with Gasteiger partial charge in [-0.3, -0.25) is 9.78 Å². The van der Waals surface area contributed by atoms with Crippen molar-refractivity contribution < 1.29 is 9.53 Å². The Morgan fingerprint density at radius 3 is 2.90 bits per heavy atom. The van der Waals surface area contributed by atoms with Crippen LogP contribution in [0.4, 0.5) is 5.69 Å². The molecule has 1 aliphatic rings. The summed E-state index contributed by atoms with van der Waals surface area (Å²) in [6.07, 6.45) is 8.01. The van der Waals surface area contributed by atoms with E-state index in [0.717, 1.165) is 25.2 Å². The summed E-state index contributed by atoms with van der Waals surface area (Å²) in [7, 11) is 1.66. The molecule has 0 aromatic carbocycles. The number of nitrogens with one attached hydrogen (secondary N) is 1. The summed E-state index contributed by atoms with van der Waals surface area (Å²) in [5.41, 5.74) is 1.68. The Hall–Kier alpha value is -1.62. The second-order valence-corrected chi connectivity index (χ2v) is 5.08. The highest BCUT2D eigenvalue weighted by molar-refractivity contribution is 5.94. The first-order chi connectivity index (χ1) is 9.81. The Balaban J connectivity index is 1.92. The minimum Gasteiger partial charge on any atom is -0.385 e. The zero-order chi connectivity index (χ0) is 14.2. The number of carbonyl (C=O) groups is 1. The lowest BCUT2D eigenvalue weighted by Crippen LogP contribution is -2.30. The molecule has 0 radical (unpaired) electrons.